The fourth-order valence-corrected chi connectivity index (χ4v) is 4.97. The number of carbonyl (C=O) groups is 2. The number of hydrogen-bond donors (Lipinski definition) is 0. The summed E-state index contributed by atoms with van der Waals surface area (Å²) in [5.41, 5.74) is 3.90. The van der Waals surface area contributed by atoms with Gasteiger partial charge in [0, 0.05) is 27.3 Å². The van der Waals surface area contributed by atoms with E-state index in [2.05, 4.69) is 5.10 Å². The van der Waals surface area contributed by atoms with Crippen molar-refractivity contribution in [3.05, 3.63) is 102 Å². The number of ketones is 2. The number of benzene rings is 3. The molecule has 0 bridgehead atoms. The first-order valence-corrected chi connectivity index (χ1v) is 11.1. The second kappa shape index (κ2) is 8.29. The maximum Gasteiger partial charge on any atom is 0.208 e. The Morgan fingerprint density at radius 1 is 0.906 bits per heavy atom. The van der Waals surface area contributed by atoms with Crippen molar-refractivity contribution >= 4 is 23.3 Å². The predicted molar refractivity (Wildman–Crippen MR) is 123 cm³/mol. The van der Waals surface area contributed by atoms with Crippen molar-refractivity contribution in [2.24, 2.45) is 5.92 Å². The Labute approximate surface area is 189 Å². The molecule has 1 unspecified atom stereocenters. The van der Waals surface area contributed by atoms with E-state index in [0.717, 1.165) is 27.4 Å². The Kier molecular flexibility index (Phi) is 5.18. The molecule has 6 heteroatoms. The molecule has 4 aromatic rings. The maximum atomic E-state index is 13.5. The largest absolute Gasteiger partial charge is 0.292 e. The van der Waals surface area contributed by atoms with E-state index in [1.807, 2.05) is 60.7 Å². The summed E-state index contributed by atoms with van der Waals surface area (Å²) < 4.78 is 1.75. The minimum Gasteiger partial charge on any atom is -0.292 e. The average molecular weight is 436 g/mol. The molecule has 0 saturated carbocycles. The average Bonchev–Trinajstić information content (AvgIpc) is 3.26. The van der Waals surface area contributed by atoms with Crippen LogP contribution in [0.25, 0.3) is 16.9 Å². The SMILES string of the molecule is N#CC(C(=O)c1ccccc1)C(=O)c1nn(-c2ccccc2)c2c1CSc1ccccc1-2. The minimum atomic E-state index is -1.44. The van der Waals surface area contributed by atoms with Crippen LogP contribution in [-0.2, 0) is 5.75 Å². The molecule has 5 nitrogen and oxygen atoms in total. The Bertz CT molecular complexity index is 1370. The Hall–Kier alpha value is -3.95. The third kappa shape index (κ3) is 3.33. The molecule has 1 aliphatic heterocycles. The zero-order valence-electron chi connectivity index (χ0n) is 16.9. The van der Waals surface area contributed by atoms with Crippen molar-refractivity contribution < 1.29 is 9.59 Å². The van der Waals surface area contributed by atoms with Crippen LogP contribution in [0.3, 0.4) is 0 Å². The molecule has 0 fully saturated rings. The second-order valence-electron chi connectivity index (χ2n) is 7.36. The van der Waals surface area contributed by atoms with E-state index < -0.39 is 17.5 Å². The van der Waals surface area contributed by atoms with Gasteiger partial charge in [0.15, 0.2) is 11.7 Å². The van der Waals surface area contributed by atoms with E-state index in [1.54, 1.807) is 46.8 Å². The smallest absolute Gasteiger partial charge is 0.208 e. The molecule has 0 spiro atoms. The number of fused-ring (bicyclic) bond motifs is 3. The highest BCUT2D eigenvalue weighted by atomic mass is 32.2. The summed E-state index contributed by atoms with van der Waals surface area (Å²) in [5.74, 6) is -1.97. The molecule has 2 heterocycles. The highest BCUT2D eigenvalue weighted by Gasteiger charge is 2.35. The van der Waals surface area contributed by atoms with Gasteiger partial charge in [-0.3, -0.25) is 9.59 Å². The quantitative estimate of drug-likeness (QED) is 0.312. The lowest BCUT2D eigenvalue weighted by Gasteiger charge is -2.18. The predicted octanol–water partition coefficient (Wildman–Crippen LogP) is 5.35. The monoisotopic (exact) mass is 435 g/mol. The summed E-state index contributed by atoms with van der Waals surface area (Å²) in [4.78, 5) is 27.5. The molecule has 3 aromatic carbocycles. The van der Waals surface area contributed by atoms with Gasteiger partial charge in [-0.25, -0.2) is 4.68 Å². The number of hydrogen-bond acceptors (Lipinski definition) is 5. The number of rotatable bonds is 5. The van der Waals surface area contributed by atoms with Gasteiger partial charge in [0.05, 0.1) is 17.5 Å². The molecule has 5 rings (SSSR count). The third-order valence-electron chi connectivity index (χ3n) is 5.44. The number of Topliss-reactive ketones (excluding diaryl/α,β-unsaturated/α-hetero) is 2. The topological polar surface area (TPSA) is 75.8 Å². The van der Waals surface area contributed by atoms with Crippen molar-refractivity contribution in [2.75, 3.05) is 0 Å². The lowest BCUT2D eigenvalue weighted by molar-refractivity contribution is 0.0842. The zero-order chi connectivity index (χ0) is 22.1. The van der Waals surface area contributed by atoms with Crippen LogP contribution in [0.4, 0.5) is 0 Å². The number of nitrogens with zero attached hydrogens (tertiary/aromatic N) is 3. The van der Waals surface area contributed by atoms with Crippen LogP contribution in [0.5, 0.6) is 0 Å². The summed E-state index contributed by atoms with van der Waals surface area (Å²) in [6, 6.07) is 27.9. The van der Waals surface area contributed by atoms with Crippen LogP contribution in [-0.4, -0.2) is 21.3 Å². The van der Waals surface area contributed by atoms with Gasteiger partial charge in [-0.2, -0.15) is 10.4 Å². The number of para-hydroxylation sites is 1. The van der Waals surface area contributed by atoms with Crippen molar-refractivity contribution in [1.29, 1.82) is 5.26 Å². The van der Waals surface area contributed by atoms with Crippen LogP contribution < -0.4 is 0 Å². The van der Waals surface area contributed by atoms with Crippen molar-refractivity contribution in [1.82, 2.24) is 9.78 Å². The number of thioether (sulfide) groups is 1. The van der Waals surface area contributed by atoms with Crippen LogP contribution in [0.2, 0.25) is 0 Å². The fraction of sp³-hybridized carbons (Fsp3) is 0.0769. The van der Waals surface area contributed by atoms with Gasteiger partial charge in [0.1, 0.15) is 5.69 Å². The van der Waals surface area contributed by atoms with E-state index in [0.29, 0.717) is 11.3 Å². The lowest BCUT2D eigenvalue weighted by atomic mass is 9.91. The van der Waals surface area contributed by atoms with Crippen LogP contribution in [0.1, 0.15) is 26.4 Å². The van der Waals surface area contributed by atoms with E-state index in [9.17, 15) is 14.9 Å². The molecular formula is C26H17N3O2S. The van der Waals surface area contributed by atoms with Gasteiger partial charge in [-0.05, 0) is 18.2 Å². The van der Waals surface area contributed by atoms with E-state index in [4.69, 9.17) is 0 Å². The number of nitriles is 1. The third-order valence-corrected chi connectivity index (χ3v) is 6.54. The van der Waals surface area contributed by atoms with Crippen molar-refractivity contribution in [2.45, 2.75) is 10.6 Å². The lowest BCUT2D eigenvalue weighted by Crippen LogP contribution is -2.24. The van der Waals surface area contributed by atoms with Gasteiger partial charge in [-0.15, -0.1) is 11.8 Å². The molecular weight excluding hydrogens is 418 g/mol. The fourth-order valence-electron chi connectivity index (χ4n) is 3.90. The van der Waals surface area contributed by atoms with E-state index in [-0.39, 0.29) is 5.69 Å². The standard InChI is InChI=1S/C26H17N3O2S/c27-15-20(25(30)17-9-3-1-4-10-17)26(31)23-21-16-32-22-14-8-7-13-19(22)24(21)29(28-23)18-11-5-2-6-12-18/h1-14,20H,16H2. The zero-order valence-corrected chi connectivity index (χ0v) is 17.8. The first kappa shape index (κ1) is 20.0. The van der Waals surface area contributed by atoms with E-state index >= 15 is 0 Å². The Balaban J connectivity index is 1.66. The Morgan fingerprint density at radius 2 is 1.56 bits per heavy atom. The van der Waals surface area contributed by atoms with E-state index in [1.165, 1.54) is 0 Å². The Morgan fingerprint density at radius 3 is 2.28 bits per heavy atom. The van der Waals surface area contributed by atoms with Crippen LogP contribution in [0, 0.1) is 17.2 Å². The summed E-state index contributed by atoms with van der Waals surface area (Å²) in [6.45, 7) is 0. The van der Waals surface area contributed by atoms with Gasteiger partial charge < -0.3 is 0 Å². The normalized spacial score (nSPS) is 12.8. The number of carbonyl (C=O) groups excluding carboxylic acids is 2. The molecule has 32 heavy (non-hydrogen) atoms. The molecule has 0 saturated heterocycles. The first-order valence-electron chi connectivity index (χ1n) is 10.1. The minimum absolute atomic E-state index is 0.182. The van der Waals surface area contributed by atoms with Gasteiger partial charge >= 0.3 is 0 Å². The summed E-state index contributed by atoms with van der Waals surface area (Å²) in [5, 5.41) is 14.4. The van der Waals surface area contributed by atoms with Crippen LogP contribution in [0.15, 0.2) is 89.8 Å². The van der Waals surface area contributed by atoms with Gasteiger partial charge in [0.25, 0.3) is 0 Å². The highest BCUT2D eigenvalue weighted by Crippen LogP contribution is 2.44. The second-order valence-corrected chi connectivity index (χ2v) is 8.38. The first-order chi connectivity index (χ1) is 15.7. The molecule has 154 valence electrons. The summed E-state index contributed by atoms with van der Waals surface area (Å²) in [6.07, 6.45) is 0. The van der Waals surface area contributed by atoms with Gasteiger partial charge in [-0.1, -0.05) is 66.7 Å². The molecule has 0 amide bonds. The van der Waals surface area contributed by atoms with Crippen molar-refractivity contribution in [3.8, 4) is 23.0 Å². The van der Waals surface area contributed by atoms with Crippen LogP contribution >= 0.6 is 11.8 Å². The maximum absolute atomic E-state index is 13.5. The van der Waals surface area contributed by atoms with Gasteiger partial charge in [0.2, 0.25) is 5.78 Å². The molecule has 0 aliphatic carbocycles. The summed E-state index contributed by atoms with van der Waals surface area (Å²) >= 11 is 1.62. The molecule has 0 radical (unpaired) electrons. The molecule has 0 N–H and O–H groups in total. The summed E-state index contributed by atoms with van der Waals surface area (Å²) in [7, 11) is 0. The molecule has 1 atom stereocenters. The molecule has 1 aromatic heterocycles. The number of aromatic nitrogens is 2. The highest BCUT2D eigenvalue weighted by molar-refractivity contribution is 7.98. The molecule has 1 aliphatic rings. The van der Waals surface area contributed by atoms with Crippen molar-refractivity contribution in [3.63, 3.8) is 0 Å².